The second-order valence-corrected chi connectivity index (χ2v) is 12.2. The molecule has 0 aromatic carbocycles. The van der Waals surface area contributed by atoms with E-state index in [9.17, 15) is 0 Å². The van der Waals surface area contributed by atoms with E-state index >= 15 is 0 Å². The fourth-order valence-electron chi connectivity index (χ4n) is 6.42. The van der Waals surface area contributed by atoms with Crippen LogP contribution in [0.3, 0.4) is 0 Å². The number of H-pyrrole nitrogens is 1. The normalized spacial score (nSPS) is 22.3. The van der Waals surface area contributed by atoms with E-state index in [0.29, 0.717) is 12.1 Å². The van der Waals surface area contributed by atoms with Crippen LogP contribution in [0.15, 0.2) is 5.03 Å². The number of hydrogen-bond donors (Lipinski definition) is 2. The van der Waals surface area contributed by atoms with Crippen LogP contribution in [0.4, 0.5) is 0 Å². The SMILES string of the molecule is CCCCCCCCc1n[nH]n(C2CCCC(n3nnc(S)c3CC3CCCCCC3)CCC2)c1=S. The third-order valence-corrected chi connectivity index (χ3v) is 9.39. The third kappa shape index (κ3) is 7.68. The summed E-state index contributed by atoms with van der Waals surface area (Å²) in [5, 5.41) is 17.8. The Bertz CT molecular complexity index is 946. The summed E-state index contributed by atoms with van der Waals surface area (Å²) < 4.78 is 5.39. The molecule has 0 amide bonds. The minimum absolute atomic E-state index is 0.436. The summed E-state index contributed by atoms with van der Waals surface area (Å²) in [5.74, 6) is 0.765. The van der Waals surface area contributed by atoms with Crippen molar-refractivity contribution in [2.75, 3.05) is 0 Å². The molecule has 2 aromatic heterocycles. The van der Waals surface area contributed by atoms with E-state index in [-0.39, 0.29) is 0 Å². The maximum absolute atomic E-state index is 5.85. The van der Waals surface area contributed by atoms with E-state index in [0.717, 1.165) is 59.8 Å². The highest BCUT2D eigenvalue weighted by Crippen LogP contribution is 2.34. The lowest BCUT2D eigenvalue weighted by atomic mass is 9.92. The molecule has 0 unspecified atom stereocenters. The van der Waals surface area contributed by atoms with Crippen molar-refractivity contribution in [3.63, 3.8) is 0 Å². The largest absolute Gasteiger partial charge is 0.256 e. The molecular weight excluding hydrogens is 484 g/mol. The van der Waals surface area contributed by atoms with E-state index in [2.05, 4.69) is 36.9 Å². The zero-order valence-corrected chi connectivity index (χ0v) is 24.2. The monoisotopic (exact) mass is 532 g/mol. The number of unbranched alkanes of at least 4 members (excludes halogenated alkanes) is 5. The minimum atomic E-state index is 0.436. The smallest absolute Gasteiger partial charge is 0.145 e. The molecule has 4 rings (SSSR count). The molecule has 0 spiro atoms. The molecule has 36 heavy (non-hydrogen) atoms. The van der Waals surface area contributed by atoms with Crippen molar-refractivity contribution in [1.82, 2.24) is 30.0 Å². The summed E-state index contributed by atoms with van der Waals surface area (Å²) in [6.45, 7) is 2.27. The third-order valence-electron chi connectivity index (χ3n) is 8.61. The van der Waals surface area contributed by atoms with Gasteiger partial charge in [-0.25, -0.2) is 9.90 Å². The number of thiol groups is 1. The number of rotatable bonds is 11. The molecule has 2 fully saturated rings. The molecule has 202 valence electrons. The van der Waals surface area contributed by atoms with Crippen molar-refractivity contribution >= 4 is 24.8 Å². The van der Waals surface area contributed by atoms with E-state index in [1.54, 1.807) is 0 Å². The highest BCUT2D eigenvalue weighted by molar-refractivity contribution is 7.80. The summed E-state index contributed by atoms with van der Waals surface area (Å²) in [7, 11) is 0. The molecule has 2 heterocycles. The Morgan fingerprint density at radius 3 is 2.25 bits per heavy atom. The summed E-state index contributed by atoms with van der Waals surface area (Å²) in [4.78, 5) is 0. The van der Waals surface area contributed by atoms with Crippen LogP contribution in [0.5, 0.6) is 0 Å². The van der Waals surface area contributed by atoms with Gasteiger partial charge in [-0.3, -0.25) is 4.68 Å². The average Bonchev–Trinajstić information content (AvgIpc) is 3.27. The number of aromatic nitrogens is 6. The lowest BCUT2D eigenvalue weighted by Gasteiger charge is -2.26. The van der Waals surface area contributed by atoms with Crippen LogP contribution < -0.4 is 0 Å². The van der Waals surface area contributed by atoms with Crippen LogP contribution in [-0.2, 0) is 12.8 Å². The molecule has 2 aliphatic carbocycles. The predicted octanol–water partition coefficient (Wildman–Crippen LogP) is 8.37. The van der Waals surface area contributed by atoms with Gasteiger partial charge < -0.3 is 0 Å². The van der Waals surface area contributed by atoms with Crippen molar-refractivity contribution in [2.45, 2.75) is 152 Å². The Hall–Kier alpha value is -1.15. The van der Waals surface area contributed by atoms with Crippen molar-refractivity contribution in [3.8, 4) is 0 Å². The Kier molecular flexibility index (Phi) is 11.4. The maximum Gasteiger partial charge on any atom is 0.145 e. The zero-order valence-electron chi connectivity index (χ0n) is 22.5. The molecule has 8 heteroatoms. The molecule has 0 aliphatic heterocycles. The van der Waals surface area contributed by atoms with E-state index in [1.807, 2.05) is 0 Å². The summed E-state index contributed by atoms with van der Waals surface area (Å²) in [5.41, 5.74) is 2.37. The van der Waals surface area contributed by atoms with Crippen molar-refractivity contribution in [1.29, 1.82) is 0 Å². The Labute approximate surface area is 228 Å². The molecule has 0 bridgehead atoms. The fourth-order valence-corrected chi connectivity index (χ4v) is 6.99. The molecule has 1 N–H and O–H groups in total. The van der Waals surface area contributed by atoms with Gasteiger partial charge in [0.15, 0.2) is 0 Å². The predicted molar refractivity (Wildman–Crippen MR) is 152 cm³/mol. The van der Waals surface area contributed by atoms with Gasteiger partial charge in [0.05, 0.1) is 23.5 Å². The maximum atomic E-state index is 5.85. The van der Waals surface area contributed by atoms with Gasteiger partial charge in [-0.05, 0) is 63.7 Å². The van der Waals surface area contributed by atoms with Gasteiger partial charge in [0.25, 0.3) is 0 Å². The number of aromatic amines is 1. The molecule has 6 nitrogen and oxygen atoms in total. The summed E-state index contributed by atoms with van der Waals surface area (Å²) >= 11 is 10.6. The second-order valence-electron chi connectivity index (χ2n) is 11.4. The zero-order chi connectivity index (χ0) is 25.2. The van der Waals surface area contributed by atoms with E-state index in [1.165, 1.54) is 95.6 Å². The first-order valence-electron chi connectivity index (χ1n) is 15.0. The van der Waals surface area contributed by atoms with Crippen LogP contribution in [0, 0.1) is 10.6 Å². The van der Waals surface area contributed by atoms with Crippen LogP contribution in [0.25, 0.3) is 0 Å². The number of aryl methyl sites for hydroxylation is 1. The quantitative estimate of drug-likeness (QED) is 0.132. The molecule has 2 aliphatic rings. The van der Waals surface area contributed by atoms with Crippen LogP contribution in [-0.4, -0.2) is 30.0 Å². The average molecular weight is 533 g/mol. The second kappa shape index (κ2) is 14.7. The van der Waals surface area contributed by atoms with Crippen molar-refractivity contribution in [3.05, 3.63) is 16.0 Å². The molecule has 0 radical (unpaired) electrons. The number of nitrogens with one attached hydrogen (secondary N) is 1. The topological polar surface area (TPSA) is 64.3 Å². The van der Waals surface area contributed by atoms with Crippen molar-refractivity contribution < 1.29 is 0 Å². The van der Waals surface area contributed by atoms with Crippen LogP contribution in [0.1, 0.15) is 146 Å². The summed E-state index contributed by atoms with van der Waals surface area (Å²) in [6, 6.07) is 0.879. The van der Waals surface area contributed by atoms with Gasteiger partial charge in [-0.15, -0.1) is 17.7 Å². The molecule has 0 atom stereocenters. The lowest BCUT2D eigenvalue weighted by molar-refractivity contribution is 0.277. The van der Waals surface area contributed by atoms with Crippen LogP contribution in [0.2, 0.25) is 0 Å². The molecular formula is C28H48N6S2. The van der Waals surface area contributed by atoms with E-state index < -0.39 is 0 Å². The highest BCUT2D eigenvalue weighted by atomic mass is 32.1. The van der Waals surface area contributed by atoms with Crippen LogP contribution >= 0.6 is 24.8 Å². The molecule has 0 saturated heterocycles. The van der Waals surface area contributed by atoms with Gasteiger partial charge in [-0.2, -0.15) is 5.10 Å². The van der Waals surface area contributed by atoms with Gasteiger partial charge in [0.1, 0.15) is 9.67 Å². The highest BCUT2D eigenvalue weighted by Gasteiger charge is 2.25. The Morgan fingerprint density at radius 2 is 1.53 bits per heavy atom. The summed E-state index contributed by atoms with van der Waals surface area (Å²) in [6.07, 6.45) is 25.1. The molecule has 2 saturated carbocycles. The first kappa shape index (κ1) is 27.9. The van der Waals surface area contributed by atoms with Gasteiger partial charge in [-0.1, -0.05) is 95.0 Å². The number of hydrogen-bond acceptors (Lipinski definition) is 5. The Balaban J connectivity index is 1.30. The Morgan fingerprint density at radius 1 is 0.861 bits per heavy atom. The lowest BCUT2D eigenvalue weighted by Crippen LogP contribution is -2.20. The number of nitrogens with zero attached hydrogens (tertiary/aromatic N) is 5. The first-order chi connectivity index (χ1) is 17.7. The minimum Gasteiger partial charge on any atom is -0.256 e. The standard InChI is InChI=1S/C28H48N6S2/c1-2-3-4-5-6-11-20-25-28(36)34(31-29-25)24-18-12-16-23(17-13-19-24)33-26(27(35)30-32-33)21-22-14-9-7-8-10-15-22/h22-24,31,35H,2-21H2,1H3. The van der Waals surface area contributed by atoms with Gasteiger partial charge in [0.2, 0.25) is 0 Å². The molecule has 2 aromatic rings. The van der Waals surface area contributed by atoms with Crippen molar-refractivity contribution in [2.24, 2.45) is 5.92 Å². The van der Waals surface area contributed by atoms with E-state index in [4.69, 9.17) is 24.8 Å². The fraction of sp³-hybridized carbons (Fsp3) is 0.857. The van der Waals surface area contributed by atoms with Gasteiger partial charge >= 0.3 is 0 Å². The van der Waals surface area contributed by atoms with Gasteiger partial charge in [0, 0.05) is 0 Å². The first-order valence-corrected chi connectivity index (χ1v) is 15.8.